The minimum absolute atomic E-state index is 0.112. The smallest absolute Gasteiger partial charge is 0.321 e. The highest BCUT2D eigenvalue weighted by Gasteiger charge is 2.23. The Hall–Kier alpha value is -1.42. The average molecular weight is 398 g/mol. The van der Waals surface area contributed by atoms with Gasteiger partial charge in [0.05, 0.1) is 10.0 Å². The summed E-state index contributed by atoms with van der Waals surface area (Å²) in [5.74, 6) is 0.319. The monoisotopic (exact) mass is 396 g/mol. The van der Waals surface area contributed by atoms with E-state index in [-0.39, 0.29) is 6.03 Å². The predicted octanol–water partition coefficient (Wildman–Crippen LogP) is 6.45. The third-order valence-electron chi connectivity index (χ3n) is 4.47. The number of halogens is 3. The Morgan fingerprint density at radius 2 is 1.76 bits per heavy atom. The van der Waals surface area contributed by atoms with Gasteiger partial charge in [0.15, 0.2) is 0 Å². The van der Waals surface area contributed by atoms with Crippen molar-refractivity contribution in [3.8, 4) is 0 Å². The highest BCUT2D eigenvalue weighted by Crippen LogP contribution is 2.29. The molecule has 0 saturated carbocycles. The molecule has 1 heterocycles. The average Bonchev–Trinajstić information content (AvgIpc) is 2.85. The Labute approximate surface area is 162 Å². The molecule has 3 nitrogen and oxygen atoms in total. The molecule has 0 aromatic heterocycles. The van der Waals surface area contributed by atoms with Crippen LogP contribution in [0, 0.1) is 0 Å². The number of anilines is 1. The van der Waals surface area contributed by atoms with Gasteiger partial charge in [-0.1, -0.05) is 53.4 Å². The molecule has 25 heavy (non-hydrogen) atoms. The third-order valence-corrected chi connectivity index (χ3v) is 5.46. The molecule has 2 aromatic carbocycles. The van der Waals surface area contributed by atoms with Crippen molar-refractivity contribution in [3.05, 3.63) is 63.1 Å². The van der Waals surface area contributed by atoms with Gasteiger partial charge in [0.1, 0.15) is 0 Å². The van der Waals surface area contributed by atoms with Gasteiger partial charge >= 0.3 is 6.03 Å². The number of rotatable bonds is 2. The zero-order chi connectivity index (χ0) is 17.8. The lowest BCUT2D eigenvalue weighted by Crippen LogP contribution is -2.37. The van der Waals surface area contributed by atoms with Crippen LogP contribution in [-0.4, -0.2) is 24.0 Å². The summed E-state index contributed by atoms with van der Waals surface area (Å²) in [5, 5.41) is 4.53. The van der Waals surface area contributed by atoms with Crippen molar-refractivity contribution in [1.82, 2.24) is 4.90 Å². The van der Waals surface area contributed by atoms with Gasteiger partial charge in [0.25, 0.3) is 0 Å². The van der Waals surface area contributed by atoms with Crippen molar-refractivity contribution in [3.63, 3.8) is 0 Å². The van der Waals surface area contributed by atoms with E-state index in [1.807, 2.05) is 29.2 Å². The van der Waals surface area contributed by atoms with E-state index in [9.17, 15) is 4.79 Å². The molecule has 2 aromatic rings. The summed E-state index contributed by atoms with van der Waals surface area (Å²) in [4.78, 5) is 14.5. The van der Waals surface area contributed by atoms with Crippen molar-refractivity contribution < 1.29 is 4.79 Å². The molecule has 0 radical (unpaired) electrons. The Bertz CT molecular complexity index is 749. The van der Waals surface area contributed by atoms with E-state index in [0.29, 0.717) is 28.2 Å². The van der Waals surface area contributed by atoms with Crippen LogP contribution in [0.5, 0.6) is 0 Å². The first-order chi connectivity index (χ1) is 12.0. The van der Waals surface area contributed by atoms with E-state index >= 15 is 0 Å². The SMILES string of the molecule is O=C(Nc1ccc(Cl)c(Cl)c1)N1CCCCC(c2ccc(Cl)cc2)C1. The van der Waals surface area contributed by atoms with Gasteiger partial charge in [-0.3, -0.25) is 0 Å². The number of nitrogens with one attached hydrogen (secondary N) is 1. The van der Waals surface area contributed by atoms with E-state index in [2.05, 4.69) is 5.32 Å². The maximum atomic E-state index is 12.7. The Morgan fingerprint density at radius 3 is 2.48 bits per heavy atom. The summed E-state index contributed by atoms with van der Waals surface area (Å²) in [6, 6.07) is 12.9. The minimum atomic E-state index is -0.112. The summed E-state index contributed by atoms with van der Waals surface area (Å²) in [6.07, 6.45) is 3.17. The van der Waals surface area contributed by atoms with Gasteiger partial charge in [0, 0.05) is 29.7 Å². The minimum Gasteiger partial charge on any atom is -0.324 e. The van der Waals surface area contributed by atoms with Crippen LogP contribution in [-0.2, 0) is 0 Å². The zero-order valence-electron chi connectivity index (χ0n) is 13.6. The quantitative estimate of drug-likeness (QED) is 0.620. The molecule has 2 amide bonds. The molecule has 0 spiro atoms. The number of carbonyl (C=O) groups excluding carboxylic acids is 1. The topological polar surface area (TPSA) is 32.3 Å². The van der Waals surface area contributed by atoms with Crippen molar-refractivity contribution >= 4 is 46.5 Å². The first-order valence-corrected chi connectivity index (χ1v) is 9.43. The van der Waals surface area contributed by atoms with Crippen molar-refractivity contribution in [2.75, 3.05) is 18.4 Å². The van der Waals surface area contributed by atoms with Crippen LogP contribution in [0.2, 0.25) is 15.1 Å². The number of benzene rings is 2. The number of hydrogen-bond acceptors (Lipinski definition) is 1. The number of urea groups is 1. The Kier molecular flexibility index (Phi) is 6.10. The molecule has 1 aliphatic rings. The number of hydrogen-bond donors (Lipinski definition) is 1. The molecular weight excluding hydrogens is 379 g/mol. The van der Waals surface area contributed by atoms with Crippen molar-refractivity contribution in [2.45, 2.75) is 25.2 Å². The summed E-state index contributed by atoms with van der Waals surface area (Å²) in [7, 11) is 0. The van der Waals surface area contributed by atoms with Crippen LogP contribution < -0.4 is 5.32 Å². The molecule has 1 aliphatic heterocycles. The Morgan fingerprint density at radius 1 is 1.00 bits per heavy atom. The molecule has 1 fully saturated rings. The van der Waals surface area contributed by atoms with Crippen LogP contribution in [0.15, 0.2) is 42.5 Å². The van der Waals surface area contributed by atoms with Crippen LogP contribution in [0.1, 0.15) is 30.7 Å². The fourth-order valence-electron chi connectivity index (χ4n) is 3.11. The molecule has 1 N–H and O–H groups in total. The second-order valence-electron chi connectivity index (χ2n) is 6.25. The van der Waals surface area contributed by atoms with Gasteiger partial charge in [-0.05, 0) is 48.7 Å². The lowest BCUT2D eigenvalue weighted by molar-refractivity contribution is 0.211. The lowest BCUT2D eigenvalue weighted by atomic mass is 9.94. The summed E-state index contributed by atoms with van der Waals surface area (Å²) >= 11 is 17.9. The molecule has 0 bridgehead atoms. The molecule has 1 atom stereocenters. The van der Waals surface area contributed by atoms with E-state index in [1.54, 1.807) is 18.2 Å². The molecule has 1 unspecified atom stereocenters. The largest absolute Gasteiger partial charge is 0.324 e. The number of nitrogens with zero attached hydrogens (tertiary/aromatic N) is 1. The summed E-state index contributed by atoms with van der Waals surface area (Å²) in [6.45, 7) is 1.44. The number of amides is 2. The normalized spacial score (nSPS) is 17.9. The second-order valence-corrected chi connectivity index (χ2v) is 7.50. The standard InChI is InChI=1S/C19H19Cl3N2O/c20-15-6-4-13(5-7-15)14-3-1-2-10-24(12-14)19(25)23-16-8-9-17(21)18(22)11-16/h4-9,11,14H,1-3,10,12H2,(H,23,25). The van der Waals surface area contributed by atoms with E-state index in [1.165, 1.54) is 5.56 Å². The molecule has 132 valence electrons. The Balaban J connectivity index is 1.70. The summed E-state index contributed by atoms with van der Waals surface area (Å²) in [5.41, 5.74) is 1.87. The van der Waals surface area contributed by atoms with E-state index in [4.69, 9.17) is 34.8 Å². The second kappa shape index (κ2) is 8.31. The first-order valence-electron chi connectivity index (χ1n) is 8.29. The third kappa shape index (κ3) is 4.81. The van der Waals surface area contributed by atoms with Gasteiger partial charge in [-0.2, -0.15) is 0 Å². The highest BCUT2D eigenvalue weighted by atomic mass is 35.5. The van der Waals surface area contributed by atoms with Gasteiger partial charge in [0.2, 0.25) is 0 Å². The maximum absolute atomic E-state index is 12.7. The van der Waals surface area contributed by atoms with Gasteiger partial charge in [-0.25, -0.2) is 4.79 Å². The van der Waals surface area contributed by atoms with E-state index in [0.717, 1.165) is 30.8 Å². The zero-order valence-corrected chi connectivity index (χ0v) is 15.9. The summed E-state index contributed by atoms with van der Waals surface area (Å²) < 4.78 is 0. The lowest BCUT2D eigenvalue weighted by Gasteiger charge is -2.25. The fraction of sp³-hybridized carbons (Fsp3) is 0.316. The van der Waals surface area contributed by atoms with Crippen LogP contribution in [0.4, 0.5) is 10.5 Å². The van der Waals surface area contributed by atoms with E-state index < -0.39 is 0 Å². The fourth-order valence-corrected chi connectivity index (χ4v) is 3.53. The van der Waals surface area contributed by atoms with Crippen molar-refractivity contribution in [2.24, 2.45) is 0 Å². The van der Waals surface area contributed by atoms with Gasteiger partial charge in [-0.15, -0.1) is 0 Å². The molecular formula is C19H19Cl3N2O. The number of carbonyl (C=O) groups is 1. The molecule has 6 heteroatoms. The van der Waals surface area contributed by atoms with Crippen molar-refractivity contribution in [1.29, 1.82) is 0 Å². The van der Waals surface area contributed by atoms with Gasteiger partial charge < -0.3 is 10.2 Å². The molecule has 0 aliphatic carbocycles. The maximum Gasteiger partial charge on any atom is 0.321 e. The van der Waals surface area contributed by atoms with Crippen LogP contribution in [0.3, 0.4) is 0 Å². The predicted molar refractivity (Wildman–Crippen MR) is 105 cm³/mol. The van der Waals surface area contributed by atoms with Crippen LogP contribution in [0.25, 0.3) is 0 Å². The molecule has 1 saturated heterocycles. The highest BCUT2D eigenvalue weighted by molar-refractivity contribution is 6.42. The molecule has 3 rings (SSSR count). The first kappa shape index (κ1) is 18.4. The van der Waals surface area contributed by atoms with Crippen LogP contribution >= 0.6 is 34.8 Å². The number of likely N-dealkylation sites (tertiary alicyclic amines) is 1.